The van der Waals surface area contributed by atoms with Crippen molar-refractivity contribution in [2.24, 2.45) is 0 Å². The molecular weight excluding hydrogens is 446 g/mol. The van der Waals surface area contributed by atoms with Crippen molar-refractivity contribution in [2.45, 2.75) is 13.5 Å². The number of anilines is 1. The zero-order chi connectivity index (χ0) is 24.6. The normalized spacial score (nSPS) is 13.4. The van der Waals surface area contributed by atoms with Crippen LogP contribution in [-0.2, 0) is 16.1 Å². The molecule has 1 aliphatic heterocycles. The molecule has 2 heterocycles. The molecule has 1 aromatic heterocycles. The summed E-state index contributed by atoms with van der Waals surface area (Å²) >= 11 is 0. The number of aromatic nitrogens is 2. The Morgan fingerprint density at radius 1 is 1.00 bits per heavy atom. The number of morpholine rings is 1. The third-order valence-corrected chi connectivity index (χ3v) is 5.34. The second-order valence-electron chi connectivity index (χ2n) is 8.00. The van der Waals surface area contributed by atoms with Crippen molar-refractivity contribution in [3.8, 4) is 23.1 Å². The van der Waals surface area contributed by atoms with Gasteiger partial charge in [-0.15, -0.1) is 0 Å². The maximum atomic E-state index is 11.8. The van der Waals surface area contributed by atoms with E-state index in [-0.39, 0.29) is 17.5 Å². The Hall–Kier alpha value is -4.10. The summed E-state index contributed by atoms with van der Waals surface area (Å²) < 4.78 is 5.39. The average molecular weight is 472 g/mol. The number of carbonyl (C=O) groups is 2. The number of nitrogens with one attached hydrogen (secondary N) is 2. The molecule has 1 fully saturated rings. The van der Waals surface area contributed by atoms with Gasteiger partial charge >= 0.3 is 0 Å². The predicted octanol–water partition coefficient (Wildman–Crippen LogP) is 2.45. The first kappa shape index (κ1) is 24.0. The van der Waals surface area contributed by atoms with E-state index in [0.29, 0.717) is 11.3 Å². The molecule has 0 atom stereocenters. The molecular formula is C26H25N5O4. The van der Waals surface area contributed by atoms with Crippen molar-refractivity contribution < 1.29 is 19.5 Å². The number of hydroxylamine groups is 1. The second kappa shape index (κ2) is 11.4. The van der Waals surface area contributed by atoms with Crippen molar-refractivity contribution >= 4 is 17.8 Å². The lowest BCUT2D eigenvalue weighted by atomic mass is 10.1. The first-order chi connectivity index (χ1) is 17.0. The molecule has 2 amide bonds. The highest BCUT2D eigenvalue weighted by molar-refractivity contribution is 5.93. The van der Waals surface area contributed by atoms with Gasteiger partial charge in [0, 0.05) is 43.2 Å². The molecule has 2 aromatic carbocycles. The lowest BCUT2D eigenvalue weighted by molar-refractivity contribution is -0.114. The minimum atomic E-state index is -0.807. The molecule has 0 aliphatic carbocycles. The van der Waals surface area contributed by atoms with Gasteiger partial charge in [-0.25, -0.2) is 15.4 Å². The fraction of sp³-hybridized carbons (Fsp3) is 0.231. The van der Waals surface area contributed by atoms with Crippen LogP contribution in [0.5, 0.6) is 0 Å². The molecule has 0 spiro atoms. The van der Waals surface area contributed by atoms with Crippen molar-refractivity contribution in [2.75, 3.05) is 31.6 Å². The Bertz CT molecular complexity index is 1260. The number of carbonyl (C=O) groups excluding carboxylic acids is 2. The van der Waals surface area contributed by atoms with E-state index in [2.05, 4.69) is 44.2 Å². The van der Waals surface area contributed by atoms with Gasteiger partial charge in [0.25, 0.3) is 5.91 Å². The quantitative estimate of drug-likeness (QED) is 0.297. The van der Waals surface area contributed by atoms with Crippen LogP contribution < -0.4 is 10.8 Å². The molecule has 9 nitrogen and oxygen atoms in total. The average Bonchev–Trinajstić information content (AvgIpc) is 2.88. The number of hydrogen-bond donors (Lipinski definition) is 3. The van der Waals surface area contributed by atoms with Gasteiger partial charge in [0.05, 0.1) is 18.9 Å². The highest BCUT2D eigenvalue weighted by atomic mass is 16.5. The van der Waals surface area contributed by atoms with Gasteiger partial charge < -0.3 is 4.74 Å². The molecule has 3 aromatic rings. The van der Waals surface area contributed by atoms with E-state index >= 15 is 0 Å². The van der Waals surface area contributed by atoms with Crippen molar-refractivity contribution in [3.63, 3.8) is 0 Å². The monoisotopic (exact) mass is 471 g/mol. The summed E-state index contributed by atoms with van der Waals surface area (Å²) in [6.07, 6.45) is 0. The lowest BCUT2D eigenvalue weighted by Crippen LogP contribution is -2.35. The first-order valence-corrected chi connectivity index (χ1v) is 11.1. The Labute approximate surface area is 203 Å². The van der Waals surface area contributed by atoms with Gasteiger partial charge in [0.2, 0.25) is 11.9 Å². The molecule has 35 heavy (non-hydrogen) atoms. The van der Waals surface area contributed by atoms with Gasteiger partial charge in [-0.1, -0.05) is 36.1 Å². The first-order valence-electron chi connectivity index (χ1n) is 11.1. The van der Waals surface area contributed by atoms with Crippen molar-refractivity contribution in [1.29, 1.82) is 0 Å². The molecule has 3 N–H and O–H groups in total. The summed E-state index contributed by atoms with van der Waals surface area (Å²) in [6.45, 7) is 5.71. The van der Waals surface area contributed by atoms with Crippen LogP contribution in [0.1, 0.15) is 34.1 Å². The zero-order valence-corrected chi connectivity index (χ0v) is 19.2. The molecule has 4 rings (SSSR count). The van der Waals surface area contributed by atoms with E-state index in [0.717, 1.165) is 44.0 Å². The predicted molar refractivity (Wildman–Crippen MR) is 130 cm³/mol. The zero-order valence-electron chi connectivity index (χ0n) is 19.2. The Kier molecular flexibility index (Phi) is 7.80. The van der Waals surface area contributed by atoms with Gasteiger partial charge in [-0.05, 0) is 35.9 Å². The van der Waals surface area contributed by atoms with Crippen LogP contribution in [0.15, 0.2) is 54.6 Å². The fourth-order valence-corrected chi connectivity index (χ4v) is 3.56. The standard InChI is InChI=1S/C26H25N5O4/c1-18(32)27-26-28-23(16-24(29-26)25(33)30-34)22-10-8-20(9-11-22)3-2-19-4-6-21(7-5-19)17-31-12-14-35-15-13-31/h4-11,16,34H,12-15,17H2,1H3,(H,30,33)(H,27,28,29,32). The second-order valence-corrected chi connectivity index (χ2v) is 8.00. The summed E-state index contributed by atoms with van der Waals surface area (Å²) in [5.41, 5.74) is 5.56. The number of rotatable bonds is 5. The SMILES string of the molecule is CC(=O)Nc1nc(C(=O)NO)cc(-c2ccc(C#Cc3ccc(CN4CCOCC4)cc3)cc2)n1. The van der Waals surface area contributed by atoms with Crippen LogP contribution in [0, 0.1) is 11.8 Å². The molecule has 1 saturated heterocycles. The van der Waals surface area contributed by atoms with E-state index in [1.807, 2.05) is 36.4 Å². The third-order valence-electron chi connectivity index (χ3n) is 5.34. The van der Waals surface area contributed by atoms with Gasteiger partial charge in [-0.2, -0.15) is 0 Å². The van der Waals surface area contributed by atoms with E-state index in [1.165, 1.54) is 24.0 Å². The number of hydrogen-bond acceptors (Lipinski definition) is 7. The minimum Gasteiger partial charge on any atom is -0.379 e. The van der Waals surface area contributed by atoms with Crippen LogP contribution in [0.3, 0.4) is 0 Å². The largest absolute Gasteiger partial charge is 0.379 e. The molecule has 178 valence electrons. The van der Waals surface area contributed by atoms with Crippen molar-refractivity contribution in [3.05, 3.63) is 77.0 Å². The number of nitrogens with zero attached hydrogens (tertiary/aromatic N) is 3. The number of ether oxygens (including phenoxy) is 1. The van der Waals surface area contributed by atoms with Gasteiger partial charge in [-0.3, -0.25) is 25.0 Å². The Balaban J connectivity index is 1.47. The fourth-order valence-electron chi connectivity index (χ4n) is 3.56. The molecule has 0 bridgehead atoms. The number of benzene rings is 2. The maximum absolute atomic E-state index is 11.8. The van der Waals surface area contributed by atoms with E-state index in [1.54, 1.807) is 0 Å². The summed E-state index contributed by atoms with van der Waals surface area (Å²) in [4.78, 5) is 33.8. The molecule has 0 saturated carbocycles. The topological polar surface area (TPSA) is 117 Å². The van der Waals surface area contributed by atoms with Crippen LogP contribution in [0.2, 0.25) is 0 Å². The maximum Gasteiger partial charge on any atom is 0.293 e. The molecule has 9 heteroatoms. The number of amides is 2. The van der Waals surface area contributed by atoms with Gasteiger partial charge in [0.15, 0.2) is 0 Å². The van der Waals surface area contributed by atoms with E-state index < -0.39 is 5.91 Å². The van der Waals surface area contributed by atoms with Crippen LogP contribution in [0.25, 0.3) is 11.3 Å². The lowest BCUT2D eigenvalue weighted by Gasteiger charge is -2.26. The minimum absolute atomic E-state index is 0.0328. The van der Waals surface area contributed by atoms with E-state index in [9.17, 15) is 9.59 Å². The smallest absolute Gasteiger partial charge is 0.293 e. The Morgan fingerprint density at radius 2 is 1.63 bits per heavy atom. The summed E-state index contributed by atoms with van der Waals surface area (Å²) in [5, 5.41) is 11.4. The molecule has 0 unspecified atom stereocenters. The van der Waals surface area contributed by atoms with Crippen LogP contribution >= 0.6 is 0 Å². The van der Waals surface area contributed by atoms with Crippen LogP contribution in [0.4, 0.5) is 5.95 Å². The summed E-state index contributed by atoms with van der Waals surface area (Å²) in [5.74, 6) is 5.11. The highest BCUT2D eigenvalue weighted by Gasteiger charge is 2.13. The molecule has 0 radical (unpaired) electrons. The Morgan fingerprint density at radius 3 is 2.23 bits per heavy atom. The van der Waals surface area contributed by atoms with Crippen molar-refractivity contribution in [1.82, 2.24) is 20.3 Å². The third kappa shape index (κ3) is 6.71. The highest BCUT2D eigenvalue weighted by Crippen LogP contribution is 2.20. The summed E-state index contributed by atoms with van der Waals surface area (Å²) in [6, 6.07) is 17.0. The molecule has 1 aliphatic rings. The summed E-state index contributed by atoms with van der Waals surface area (Å²) in [7, 11) is 0. The van der Waals surface area contributed by atoms with E-state index in [4.69, 9.17) is 9.94 Å². The van der Waals surface area contributed by atoms with Crippen LogP contribution in [-0.4, -0.2) is 58.2 Å². The van der Waals surface area contributed by atoms with Gasteiger partial charge in [0.1, 0.15) is 5.69 Å².